The monoisotopic (exact) mass is 561 g/mol. The Balaban J connectivity index is 1.45. The molecule has 1 aromatic heterocycles. The van der Waals surface area contributed by atoms with Crippen LogP contribution in [0.15, 0.2) is 23.4 Å². The van der Waals surface area contributed by atoms with Crippen molar-refractivity contribution >= 4 is 52.3 Å². The zero-order chi connectivity index (χ0) is 25.7. The zero-order valence-electron chi connectivity index (χ0n) is 18.6. The summed E-state index contributed by atoms with van der Waals surface area (Å²) in [6, 6.07) is 2.99. The van der Waals surface area contributed by atoms with Gasteiger partial charge in [-0.1, -0.05) is 39.7 Å². The normalized spacial score (nSPS) is 23.5. The van der Waals surface area contributed by atoms with E-state index in [-0.39, 0.29) is 32.3 Å². The van der Waals surface area contributed by atoms with Gasteiger partial charge >= 0.3 is 12.3 Å². The van der Waals surface area contributed by atoms with Crippen molar-refractivity contribution in [3.05, 3.63) is 49.8 Å². The number of thiophene rings is 1. The van der Waals surface area contributed by atoms with Gasteiger partial charge < -0.3 is 20.2 Å². The molecule has 2 N–H and O–H groups in total. The molecule has 2 aromatic rings. The molecule has 3 heterocycles. The highest BCUT2D eigenvalue weighted by Gasteiger charge is 2.62. The third-order valence-corrected chi connectivity index (χ3v) is 8.12. The molecular formula is C23H20Cl2F3N3O4S. The van der Waals surface area contributed by atoms with E-state index in [0.717, 1.165) is 35.3 Å². The molecule has 0 bridgehead atoms. The lowest BCUT2D eigenvalue weighted by atomic mass is 9.86. The molecule has 1 fully saturated rings. The van der Waals surface area contributed by atoms with Gasteiger partial charge in [-0.3, -0.25) is 4.79 Å². The standard InChI is InChI=1S/C23H20Cl2F3N3O4S/c24-12-7-11(8-13(25)9-12)22(23(26,27)28)10-17(31-35-22)18-14-3-1-2-4-15(14)20(36-18)34-21(33)30-16-5-6-29-19(16)32/h7-9,16H,1-6,10H2,(H,29,32)(H,30,33)/t16-,22?/m1/s1. The number of nitrogens with zero attached hydrogens (tertiary/aromatic N) is 1. The Morgan fingerprint density at radius 2 is 1.89 bits per heavy atom. The fourth-order valence-corrected chi connectivity index (χ4v) is 6.47. The third kappa shape index (κ3) is 4.52. The van der Waals surface area contributed by atoms with Crippen molar-refractivity contribution in [2.75, 3.05) is 6.54 Å². The number of oxime groups is 1. The number of fused-ring (bicyclic) bond motifs is 1. The van der Waals surface area contributed by atoms with Crippen molar-refractivity contribution in [3.8, 4) is 5.06 Å². The van der Waals surface area contributed by atoms with Crippen LogP contribution < -0.4 is 15.4 Å². The Bertz CT molecular complexity index is 1250. The molecule has 1 aliphatic carbocycles. The van der Waals surface area contributed by atoms with Crippen molar-refractivity contribution < 1.29 is 32.3 Å². The van der Waals surface area contributed by atoms with Crippen molar-refractivity contribution in [2.45, 2.75) is 56.3 Å². The molecule has 1 saturated heterocycles. The lowest BCUT2D eigenvalue weighted by Gasteiger charge is -2.29. The molecule has 36 heavy (non-hydrogen) atoms. The van der Waals surface area contributed by atoms with Gasteiger partial charge in [0.25, 0.3) is 5.60 Å². The zero-order valence-corrected chi connectivity index (χ0v) is 21.0. The van der Waals surface area contributed by atoms with Crippen LogP contribution in [-0.2, 0) is 28.1 Å². The Morgan fingerprint density at radius 3 is 2.53 bits per heavy atom. The van der Waals surface area contributed by atoms with E-state index in [2.05, 4.69) is 15.8 Å². The minimum Gasteiger partial charge on any atom is -0.399 e. The molecule has 192 valence electrons. The number of nitrogens with one attached hydrogen (secondary N) is 2. The predicted molar refractivity (Wildman–Crippen MR) is 128 cm³/mol. The molecule has 0 saturated carbocycles. The van der Waals surface area contributed by atoms with E-state index in [1.54, 1.807) is 0 Å². The van der Waals surface area contributed by atoms with Crippen LogP contribution in [0.25, 0.3) is 0 Å². The van der Waals surface area contributed by atoms with Crippen LogP contribution in [0, 0.1) is 0 Å². The summed E-state index contributed by atoms with van der Waals surface area (Å²) >= 11 is 13.0. The third-order valence-electron chi connectivity index (χ3n) is 6.49. The topological polar surface area (TPSA) is 89.0 Å². The van der Waals surface area contributed by atoms with Gasteiger partial charge in [0.15, 0.2) is 5.06 Å². The number of alkyl halides is 3. The van der Waals surface area contributed by atoms with Gasteiger partial charge in [-0.25, -0.2) is 4.79 Å². The van der Waals surface area contributed by atoms with Crippen molar-refractivity contribution in [1.29, 1.82) is 0 Å². The molecule has 3 aliphatic rings. The van der Waals surface area contributed by atoms with Crippen LogP contribution in [0.2, 0.25) is 10.0 Å². The smallest absolute Gasteiger partial charge is 0.399 e. The summed E-state index contributed by atoms with van der Waals surface area (Å²) in [5.41, 5.74) is -1.32. The maximum Gasteiger partial charge on any atom is 0.435 e. The molecule has 1 aromatic carbocycles. The number of benzene rings is 1. The minimum atomic E-state index is -4.81. The molecule has 2 atom stereocenters. The first-order valence-corrected chi connectivity index (χ1v) is 12.8. The Hall–Kier alpha value is -2.50. The summed E-state index contributed by atoms with van der Waals surface area (Å²) in [4.78, 5) is 29.9. The molecule has 1 unspecified atom stereocenters. The van der Waals surface area contributed by atoms with E-state index in [1.807, 2.05) is 0 Å². The number of carbonyl (C=O) groups excluding carboxylic acids is 2. The second-order valence-corrected chi connectivity index (χ2v) is 10.7. The molecule has 2 aliphatic heterocycles. The molecule has 13 heteroatoms. The minimum absolute atomic E-state index is 0.0457. The van der Waals surface area contributed by atoms with E-state index < -0.39 is 30.3 Å². The Morgan fingerprint density at radius 1 is 1.19 bits per heavy atom. The number of hydrogen-bond donors (Lipinski definition) is 2. The number of rotatable bonds is 4. The Labute approximate surface area is 217 Å². The first kappa shape index (κ1) is 25.2. The number of hydrogen-bond acceptors (Lipinski definition) is 6. The molecule has 5 rings (SSSR count). The van der Waals surface area contributed by atoms with Crippen LogP contribution in [0.3, 0.4) is 0 Å². The van der Waals surface area contributed by atoms with Crippen LogP contribution in [-0.4, -0.2) is 36.5 Å². The fourth-order valence-electron chi connectivity index (χ4n) is 4.71. The van der Waals surface area contributed by atoms with Crippen LogP contribution in [0.5, 0.6) is 5.06 Å². The highest BCUT2D eigenvalue weighted by molar-refractivity contribution is 7.16. The number of ether oxygens (including phenoxy) is 1. The maximum absolute atomic E-state index is 14.4. The maximum atomic E-state index is 14.4. The summed E-state index contributed by atoms with van der Waals surface area (Å²) in [6.45, 7) is 0.459. The molecular weight excluding hydrogens is 542 g/mol. The average molecular weight is 562 g/mol. The van der Waals surface area contributed by atoms with E-state index in [9.17, 15) is 22.8 Å². The van der Waals surface area contributed by atoms with Gasteiger partial charge in [-0.2, -0.15) is 13.2 Å². The average Bonchev–Trinajstić information content (AvgIpc) is 3.51. The molecule has 0 radical (unpaired) electrons. The van der Waals surface area contributed by atoms with Gasteiger partial charge in [0.1, 0.15) is 11.8 Å². The van der Waals surface area contributed by atoms with Crippen molar-refractivity contribution in [3.63, 3.8) is 0 Å². The van der Waals surface area contributed by atoms with Crippen LogP contribution >= 0.6 is 34.5 Å². The van der Waals surface area contributed by atoms with E-state index in [1.165, 1.54) is 18.2 Å². The summed E-state index contributed by atoms with van der Waals surface area (Å²) in [6.07, 6.45) is -2.84. The molecule has 2 amide bonds. The Kier molecular flexibility index (Phi) is 6.59. The van der Waals surface area contributed by atoms with Crippen molar-refractivity contribution in [1.82, 2.24) is 10.6 Å². The van der Waals surface area contributed by atoms with E-state index in [4.69, 9.17) is 32.8 Å². The van der Waals surface area contributed by atoms with Crippen LogP contribution in [0.4, 0.5) is 18.0 Å². The van der Waals surface area contributed by atoms with Gasteiger partial charge in [-0.15, -0.1) is 0 Å². The van der Waals surface area contributed by atoms with Gasteiger partial charge in [0, 0.05) is 27.7 Å². The summed E-state index contributed by atoms with van der Waals surface area (Å²) in [7, 11) is 0. The van der Waals surface area contributed by atoms with Gasteiger partial charge in [-0.05, 0) is 55.9 Å². The quantitative estimate of drug-likeness (QED) is 0.516. The first-order chi connectivity index (χ1) is 17.1. The fraction of sp³-hybridized carbons (Fsp3) is 0.435. The highest BCUT2D eigenvalue weighted by atomic mass is 35.5. The second-order valence-electron chi connectivity index (χ2n) is 8.84. The predicted octanol–water partition coefficient (Wildman–Crippen LogP) is 5.49. The van der Waals surface area contributed by atoms with E-state index >= 15 is 0 Å². The number of halogens is 5. The largest absolute Gasteiger partial charge is 0.435 e. The van der Waals surface area contributed by atoms with Crippen molar-refractivity contribution in [2.24, 2.45) is 5.16 Å². The number of carbonyl (C=O) groups is 2. The van der Waals surface area contributed by atoms with Gasteiger partial charge in [0.05, 0.1) is 11.3 Å². The van der Waals surface area contributed by atoms with Crippen LogP contribution in [0.1, 0.15) is 47.3 Å². The lowest BCUT2D eigenvalue weighted by Crippen LogP contribution is -2.42. The molecule has 0 spiro atoms. The highest BCUT2D eigenvalue weighted by Crippen LogP contribution is 2.51. The van der Waals surface area contributed by atoms with Gasteiger partial charge in [0.2, 0.25) is 5.91 Å². The summed E-state index contributed by atoms with van der Waals surface area (Å²) < 4.78 is 48.7. The second kappa shape index (κ2) is 9.42. The first-order valence-electron chi connectivity index (χ1n) is 11.3. The number of amides is 2. The SMILES string of the molecule is O=C(N[C@@H]1CCNC1=O)Oc1sc(C2=NOC(c3cc(Cl)cc(Cl)c3)(C(F)(F)F)C2)c2c1CCCC2. The van der Waals surface area contributed by atoms with E-state index in [0.29, 0.717) is 30.7 Å². The lowest BCUT2D eigenvalue weighted by molar-refractivity contribution is -0.275. The molecule has 7 nitrogen and oxygen atoms in total. The summed E-state index contributed by atoms with van der Waals surface area (Å²) in [5.74, 6) is -0.289. The summed E-state index contributed by atoms with van der Waals surface area (Å²) in [5, 5.41) is 9.40.